The molecule has 8 nitrogen and oxygen atoms in total. The molecule has 0 saturated carbocycles. The van der Waals surface area contributed by atoms with E-state index in [1.807, 2.05) is 30.3 Å². The lowest BCUT2D eigenvalue weighted by atomic mass is 10.0. The minimum absolute atomic E-state index is 0.0502. The quantitative estimate of drug-likeness (QED) is 0.562. The number of aliphatic carboxylic acids is 1. The summed E-state index contributed by atoms with van der Waals surface area (Å²) in [5.41, 5.74) is 3.57. The van der Waals surface area contributed by atoms with Crippen molar-refractivity contribution in [3.63, 3.8) is 0 Å². The molecule has 0 spiro atoms. The van der Waals surface area contributed by atoms with E-state index in [0.29, 0.717) is 23.8 Å². The zero-order valence-corrected chi connectivity index (χ0v) is 14.2. The van der Waals surface area contributed by atoms with Crippen LogP contribution >= 0.6 is 0 Å². The summed E-state index contributed by atoms with van der Waals surface area (Å²) >= 11 is 0. The number of carboxylic acid groups (broad SMARTS) is 1. The Balaban J connectivity index is 1.76. The van der Waals surface area contributed by atoms with Crippen LogP contribution in [-0.2, 0) is 17.8 Å². The van der Waals surface area contributed by atoms with Gasteiger partial charge in [0.1, 0.15) is 17.7 Å². The summed E-state index contributed by atoms with van der Waals surface area (Å²) in [5.74, 6) is -0.377. The molecule has 0 unspecified atom stereocenters. The van der Waals surface area contributed by atoms with E-state index in [-0.39, 0.29) is 6.42 Å². The maximum absolute atomic E-state index is 11.2. The second-order valence-electron chi connectivity index (χ2n) is 5.87. The van der Waals surface area contributed by atoms with Gasteiger partial charge in [0.05, 0.1) is 18.7 Å². The molecule has 0 aliphatic rings. The number of carbonyl (C=O) groups is 1. The Bertz CT molecular complexity index is 1060. The zero-order chi connectivity index (χ0) is 18.6. The van der Waals surface area contributed by atoms with Gasteiger partial charge in [-0.2, -0.15) is 5.10 Å². The number of rotatable bonds is 6. The Hall–Kier alpha value is -3.81. The first-order chi connectivity index (χ1) is 13.2. The predicted octanol–water partition coefficient (Wildman–Crippen LogP) is 2.67. The Kier molecular flexibility index (Phi) is 4.44. The summed E-state index contributed by atoms with van der Waals surface area (Å²) in [6.45, 7) is 0.387. The van der Waals surface area contributed by atoms with Crippen LogP contribution in [0.5, 0.6) is 0 Å². The molecule has 0 amide bonds. The van der Waals surface area contributed by atoms with Crippen LogP contribution in [0, 0.1) is 0 Å². The maximum Gasteiger partial charge on any atom is 0.307 e. The smallest absolute Gasteiger partial charge is 0.307 e. The third-order valence-electron chi connectivity index (χ3n) is 4.06. The molecule has 134 valence electrons. The van der Waals surface area contributed by atoms with E-state index in [1.54, 1.807) is 29.2 Å². The molecule has 0 fully saturated rings. The molecule has 27 heavy (non-hydrogen) atoms. The molecule has 4 rings (SSSR count). The Morgan fingerprint density at radius 1 is 1.04 bits per heavy atom. The van der Waals surface area contributed by atoms with E-state index in [0.717, 1.165) is 16.8 Å². The molecular formula is C19H15N5O3. The molecule has 3 heterocycles. The first-order valence-electron chi connectivity index (χ1n) is 8.25. The molecule has 1 aromatic carbocycles. The highest BCUT2D eigenvalue weighted by molar-refractivity contribution is 5.70. The molecule has 0 saturated heterocycles. The molecule has 0 radical (unpaired) electrons. The van der Waals surface area contributed by atoms with Crippen LogP contribution < -0.4 is 0 Å². The van der Waals surface area contributed by atoms with Crippen LogP contribution in [0.4, 0.5) is 0 Å². The number of benzene rings is 1. The van der Waals surface area contributed by atoms with Crippen molar-refractivity contribution in [2.45, 2.75) is 13.0 Å². The van der Waals surface area contributed by atoms with Gasteiger partial charge in [0, 0.05) is 18.5 Å². The van der Waals surface area contributed by atoms with Gasteiger partial charge in [-0.3, -0.25) is 9.48 Å². The molecule has 0 aliphatic carbocycles. The Morgan fingerprint density at radius 2 is 1.81 bits per heavy atom. The predicted molar refractivity (Wildman–Crippen MR) is 95.6 cm³/mol. The van der Waals surface area contributed by atoms with Gasteiger partial charge in [-0.05, 0) is 23.3 Å². The lowest BCUT2D eigenvalue weighted by molar-refractivity contribution is -0.136. The Morgan fingerprint density at radius 3 is 2.52 bits per heavy atom. The topological polar surface area (TPSA) is 107 Å². The van der Waals surface area contributed by atoms with Crippen LogP contribution in [0.2, 0.25) is 0 Å². The average molecular weight is 361 g/mol. The fourth-order valence-electron chi connectivity index (χ4n) is 2.84. The highest BCUT2D eigenvalue weighted by Gasteiger charge is 2.16. The minimum Gasteiger partial charge on any atom is -0.481 e. The van der Waals surface area contributed by atoms with Gasteiger partial charge in [-0.25, -0.2) is 9.97 Å². The largest absolute Gasteiger partial charge is 0.481 e. The van der Waals surface area contributed by atoms with Crippen molar-refractivity contribution in [1.29, 1.82) is 0 Å². The second kappa shape index (κ2) is 7.20. The molecule has 0 aliphatic heterocycles. The van der Waals surface area contributed by atoms with Crippen molar-refractivity contribution in [1.82, 2.24) is 24.9 Å². The van der Waals surface area contributed by atoms with Gasteiger partial charge in [0.2, 0.25) is 0 Å². The van der Waals surface area contributed by atoms with E-state index in [4.69, 9.17) is 9.63 Å². The number of nitrogens with zero attached hydrogens (tertiary/aromatic N) is 5. The van der Waals surface area contributed by atoms with Crippen molar-refractivity contribution >= 4 is 5.97 Å². The zero-order valence-electron chi connectivity index (χ0n) is 14.2. The second-order valence-corrected chi connectivity index (χ2v) is 5.87. The summed E-state index contributed by atoms with van der Waals surface area (Å²) < 4.78 is 6.72. The van der Waals surface area contributed by atoms with Crippen LogP contribution in [0.3, 0.4) is 0 Å². The first kappa shape index (κ1) is 16.6. The summed E-state index contributed by atoms with van der Waals surface area (Å²) in [5, 5.41) is 17.8. The molecule has 4 aromatic rings. The van der Waals surface area contributed by atoms with E-state index < -0.39 is 5.97 Å². The molecule has 8 heteroatoms. The molecule has 3 aromatic heterocycles. The summed E-state index contributed by atoms with van der Waals surface area (Å²) in [4.78, 5) is 19.6. The van der Waals surface area contributed by atoms with E-state index in [9.17, 15) is 4.79 Å². The standard InChI is InChI=1S/C19H15N5O3/c25-18(26)10-13-4-1-2-5-14(13)12-24-17(15-6-9-27-23-15)11-16(22-24)19-20-7-3-8-21-19/h1-9,11H,10,12H2,(H,25,26). The van der Waals surface area contributed by atoms with Crippen LogP contribution in [0.15, 0.2) is 65.6 Å². The number of hydrogen-bond acceptors (Lipinski definition) is 6. The molecule has 0 atom stereocenters. The monoisotopic (exact) mass is 361 g/mol. The summed E-state index contributed by atoms with van der Waals surface area (Å²) in [6.07, 6.45) is 4.74. The van der Waals surface area contributed by atoms with Crippen molar-refractivity contribution in [3.8, 4) is 22.9 Å². The van der Waals surface area contributed by atoms with Crippen molar-refractivity contribution in [3.05, 3.63) is 72.2 Å². The molecule has 1 N–H and O–H groups in total. The molecule has 0 bridgehead atoms. The van der Waals surface area contributed by atoms with Gasteiger partial charge in [-0.1, -0.05) is 29.4 Å². The third-order valence-corrected chi connectivity index (χ3v) is 4.06. The lowest BCUT2D eigenvalue weighted by Crippen LogP contribution is -2.09. The SMILES string of the molecule is O=C(O)Cc1ccccc1Cn1nc(-c2ncccn2)cc1-c1ccon1. The maximum atomic E-state index is 11.2. The first-order valence-corrected chi connectivity index (χ1v) is 8.25. The van der Waals surface area contributed by atoms with Crippen LogP contribution in [-0.4, -0.2) is 36.0 Å². The van der Waals surface area contributed by atoms with Gasteiger partial charge >= 0.3 is 5.97 Å². The highest BCUT2D eigenvalue weighted by Crippen LogP contribution is 2.24. The van der Waals surface area contributed by atoms with Crippen molar-refractivity contribution in [2.24, 2.45) is 0 Å². The fraction of sp³-hybridized carbons (Fsp3) is 0.105. The number of hydrogen-bond donors (Lipinski definition) is 1. The van der Waals surface area contributed by atoms with E-state index >= 15 is 0 Å². The van der Waals surface area contributed by atoms with Crippen LogP contribution in [0.1, 0.15) is 11.1 Å². The van der Waals surface area contributed by atoms with Crippen LogP contribution in [0.25, 0.3) is 22.9 Å². The Labute approximate surface area is 154 Å². The average Bonchev–Trinajstić information content (AvgIpc) is 3.33. The van der Waals surface area contributed by atoms with E-state index in [2.05, 4.69) is 20.2 Å². The highest BCUT2D eigenvalue weighted by atomic mass is 16.5. The summed E-state index contributed by atoms with van der Waals surface area (Å²) in [6, 6.07) is 12.7. The van der Waals surface area contributed by atoms with Gasteiger partial charge < -0.3 is 9.63 Å². The van der Waals surface area contributed by atoms with Gasteiger partial charge in [0.25, 0.3) is 0 Å². The van der Waals surface area contributed by atoms with Crippen molar-refractivity contribution in [2.75, 3.05) is 0 Å². The van der Waals surface area contributed by atoms with E-state index in [1.165, 1.54) is 6.26 Å². The van der Waals surface area contributed by atoms with Crippen molar-refractivity contribution < 1.29 is 14.4 Å². The minimum atomic E-state index is -0.877. The summed E-state index contributed by atoms with van der Waals surface area (Å²) in [7, 11) is 0. The number of aromatic nitrogens is 5. The lowest BCUT2D eigenvalue weighted by Gasteiger charge is -2.10. The van der Waals surface area contributed by atoms with Gasteiger partial charge in [0.15, 0.2) is 5.82 Å². The molecular weight excluding hydrogens is 346 g/mol. The normalized spacial score (nSPS) is 10.8. The fourth-order valence-corrected chi connectivity index (χ4v) is 2.84. The third kappa shape index (κ3) is 3.59. The van der Waals surface area contributed by atoms with Gasteiger partial charge in [-0.15, -0.1) is 0 Å². The number of carboxylic acids is 1.